The molecule has 3 atom stereocenters. The Hall–Kier alpha value is -0.350. The van der Waals surface area contributed by atoms with Crippen molar-refractivity contribution in [2.45, 2.75) is 50.9 Å². The number of halogens is 1. The zero-order chi connectivity index (χ0) is 14.7. The summed E-state index contributed by atoms with van der Waals surface area (Å²) < 4.78 is 0. The van der Waals surface area contributed by atoms with Crippen molar-refractivity contribution in [1.29, 1.82) is 0 Å². The van der Waals surface area contributed by atoms with Crippen molar-refractivity contribution in [1.82, 2.24) is 5.32 Å². The number of aryl methyl sites for hydroxylation is 1. The van der Waals surface area contributed by atoms with Gasteiger partial charge in [-0.05, 0) is 60.9 Å². The average Bonchev–Trinajstić information content (AvgIpc) is 3.01. The Balaban J connectivity index is 1.57. The normalized spacial score (nSPS) is 28.9. The van der Waals surface area contributed by atoms with Gasteiger partial charge < -0.3 is 5.32 Å². The molecule has 0 spiro atoms. The third-order valence-electron chi connectivity index (χ3n) is 5.17. The minimum Gasteiger partial charge on any atom is -0.355 e. The fraction of sp³-hybridized carbons (Fsp3) is 0.706. The molecule has 0 aliphatic heterocycles. The molecule has 1 aromatic heterocycles. The fourth-order valence-electron chi connectivity index (χ4n) is 3.87. The maximum atomic E-state index is 12.6. The zero-order valence-electron chi connectivity index (χ0n) is 12.4. The first-order chi connectivity index (χ1) is 10.3. The zero-order valence-corrected chi connectivity index (χ0v) is 14.8. The molecule has 3 unspecified atom stereocenters. The average molecular weight is 370 g/mol. The van der Waals surface area contributed by atoms with Gasteiger partial charge in [0.15, 0.2) is 0 Å². The van der Waals surface area contributed by atoms with E-state index >= 15 is 0 Å². The number of hydrogen-bond acceptors (Lipinski definition) is 2. The number of carbonyl (C=O) groups excluding carboxylic acids is 1. The number of alkyl halides is 1. The summed E-state index contributed by atoms with van der Waals surface area (Å²) in [6, 6.07) is 2.16. The Morgan fingerprint density at radius 3 is 2.86 bits per heavy atom. The summed E-state index contributed by atoms with van der Waals surface area (Å²) >= 11 is 5.45. The second-order valence-electron chi connectivity index (χ2n) is 6.45. The third-order valence-corrected chi connectivity index (χ3v) is 7.00. The predicted molar refractivity (Wildman–Crippen MR) is 92.2 cm³/mol. The van der Waals surface area contributed by atoms with E-state index in [2.05, 4.69) is 32.7 Å². The molecule has 0 aromatic carbocycles. The number of carbonyl (C=O) groups is 1. The van der Waals surface area contributed by atoms with E-state index in [0.717, 1.165) is 37.1 Å². The Morgan fingerprint density at radius 1 is 1.24 bits per heavy atom. The number of fused-ring (bicyclic) bond motifs is 1. The van der Waals surface area contributed by atoms with E-state index in [1.807, 2.05) is 11.3 Å². The topological polar surface area (TPSA) is 29.1 Å². The van der Waals surface area contributed by atoms with Crippen LogP contribution in [-0.4, -0.2) is 17.8 Å². The Labute approximate surface area is 139 Å². The van der Waals surface area contributed by atoms with Crippen LogP contribution in [0.4, 0.5) is 0 Å². The van der Waals surface area contributed by atoms with E-state index in [-0.39, 0.29) is 11.8 Å². The van der Waals surface area contributed by atoms with E-state index in [0.29, 0.717) is 5.92 Å². The minimum atomic E-state index is 0.103. The number of rotatable bonds is 4. The molecule has 1 N–H and O–H groups in total. The lowest BCUT2D eigenvalue weighted by molar-refractivity contribution is -0.123. The van der Waals surface area contributed by atoms with Crippen LogP contribution in [0.25, 0.3) is 0 Å². The standard InChI is InChI=1S/C17H24BrNOS/c18-10-12-4-1-2-5-13(12)11-19-17(20)15-6-3-7-16-14(15)8-9-21-16/h8-9,12-13,15H,1-7,10-11H2,(H,19,20). The van der Waals surface area contributed by atoms with E-state index in [1.54, 1.807) is 0 Å². The first-order valence-corrected chi connectivity index (χ1v) is 10.2. The Bertz CT molecular complexity index is 487. The highest BCUT2D eigenvalue weighted by molar-refractivity contribution is 9.09. The van der Waals surface area contributed by atoms with Gasteiger partial charge in [-0.3, -0.25) is 4.79 Å². The van der Waals surface area contributed by atoms with Crippen molar-refractivity contribution < 1.29 is 4.79 Å². The fourth-order valence-corrected chi connectivity index (χ4v) is 5.71. The third kappa shape index (κ3) is 3.53. The van der Waals surface area contributed by atoms with Crippen molar-refractivity contribution in [3.05, 3.63) is 21.9 Å². The summed E-state index contributed by atoms with van der Waals surface area (Å²) in [4.78, 5) is 14.0. The largest absolute Gasteiger partial charge is 0.355 e. The van der Waals surface area contributed by atoms with E-state index in [9.17, 15) is 4.79 Å². The highest BCUT2D eigenvalue weighted by Crippen LogP contribution is 2.35. The van der Waals surface area contributed by atoms with Crippen molar-refractivity contribution in [2.24, 2.45) is 11.8 Å². The predicted octanol–water partition coefficient (Wildman–Crippen LogP) is 4.49. The summed E-state index contributed by atoms with van der Waals surface area (Å²) in [5.41, 5.74) is 1.30. The first kappa shape index (κ1) is 15.5. The summed E-state index contributed by atoms with van der Waals surface area (Å²) in [6.07, 6.45) is 8.57. The SMILES string of the molecule is O=C(NCC1CCCCC1CBr)C1CCCc2sccc21. The molecule has 21 heavy (non-hydrogen) atoms. The van der Waals surface area contributed by atoms with Crippen molar-refractivity contribution in [2.75, 3.05) is 11.9 Å². The van der Waals surface area contributed by atoms with Gasteiger partial charge in [0.2, 0.25) is 5.91 Å². The van der Waals surface area contributed by atoms with Gasteiger partial charge in [0.25, 0.3) is 0 Å². The van der Waals surface area contributed by atoms with Crippen LogP contribution >= 0.6 is 27.3 Å². The molecular weight excluding hydrogens is 346 g/mol. The molecule has 116 valence electrons. The molecule has 2 aliphatic carbocycles. The van der Waals surface area contributed by atoms with Gasteiger partial charge in [-0.25, -0.2) is 0 Å². The molecule has 1 amide bonds. The van der Waals surface area contributed by atoms with Crippen LogP contribution in [0.5, 0.6) is 0 Å². The first-order valence-electron chi connectivity index (χ1n) is 8.19. The summed E-state index contributed by atoms with van der Waals surface area (Å²) in [6.45, 7) is 0.866. The molecule has 0 bridgehead atoms. The van der Waals surface area contributed by atoms with Gasteiger partial charge in [-0.2, -0.15) is 0 Å². The van der Waals surface area contributed by atoms with Gasteiger partial charge in [-0.15, -0.1) is 11.3 Å². The van der Waals surface area contributed by atoms with Gasteiger partial charge >= 0.3 is 0 Å². The second kappa shape index (κ2) is 7.28. The molecule has 4 heteroatoms. The van der Waals surface area contributed by atoms with Crippen LogP contribution in [0.2, 0.25) is 0 Å². The molecule has 3 rings (SSSR count). The number of nitrogens with one attached hydrogen (secondary N) is 1. The van der Waals surface area contributed by atoms with Crippen LogP contribution in [-0.2, 0) is 11.2 Å². The number of thiophene rings is 1. The lowest BCUT2D eigenvalue weighted by atomic mass is 9.80. The van der Waals surface area contributed by atoms with Gasteiger partial charge in [-0.1, -0.05) is 28.8 Å². The van der Waals surface area contributed by atoms with Crippen LogP contribution in [0, 0.1) is 11.8 Å². The quantitative estimate of drug-likeness (QED) is 0.778. The van der Waals surface area contributed by atoms with Gasteiger partial charge in [0.1, 0.15) is 0 Å². The van der Waals surface area contributed by atoms with E-state index < -0.39 is 0 Å². The molecular formula is C17H24BrNOS. The van der Waals surface area contributed by atoms with Crippen LogP contribution < -0.4 is 5.32 Å². The molecule has 1 fully saturated rings. The molecule has 0 saturated heterocycles. The van der Waals surface area contributed by atoms with Gasteiger partial charge in [0, 0.05) is 16.8 Å². The van der Waals surface area contributed by atoms with Crippen molar-refractivity contribution in [3.63, 3.8) is 0 Å². The van der Waals surface area contributed by atoms with Crippen LogP contribution in [0.15, 0.2) is 11.4 Å². The monoisotopic (exact) mass is 369 g/mol. The second-order valence-corrected chi connectivity index (χ2v) is 8.10. The molecule has 2 nitrogen and oxygen atoms in total. The van der Waals surface area contributed by atoms with E-state index in [4.69, 9.17) is 0 Å². The maximum absolute atomic E-state index is 12.6. The highest BCUT2D eigenvalue weighted by Gasteiger charge is 2.29. The van der Waals surface area contributed by atoms with E-state index in [1.165, 1.54) is 36.1 Å². The van der Waals surface area contributed by atoms with Crippen molar-refractivity contribution in [3.8, 4) is 0 Å². The molecule has 1 saturated carbocycles. The number of amides is 1. The molecule has 1 heterocycles. The Kier molecular flexibility index (Phi) is 5.38. The smallest absolute Gasteiger partial charge is 0.227 e. The molecule has 0 radical (unpaired) electrons. The summed E-state index contributed by atoms with van der Waals surface area (Å²) in [5.74, 6) is 1.76. The summed E-state index contributed by atoms with van der Waals surface area (Å²) in [5, 5.41) is 6.47. The molecule has 2 aliphatic rings. The Morgan fingerprint density at radius 2 is 2.05 bits per heavy atom. The lowest BCUT2D eigenvalue weighted by Crippen LogP contribution is -2.37. The summed E-state index contributed by atoms with van der Waals surface area (Å²) in [7, 11) is 0. The van der Waals surface area contributed by atoms with Gasteiger partial charge in [0.05, 0.1) is 5.92 Å². The minimum absolute atomic E-state index is 0.103. The highest BCUT2D eigenvalue weighted by atomic mass is 79.9. The van der Waals surface area contributed by atoms with Crippen LogP contribution in [0.1, 0.15) is 54.9 Å². The molecule has 1 aromatic rings. The maximum Gasteiger partial charge on any atom is 0.227 e. The number of hydrogen-bond donors (Lipinski definition) is 1. The van der Waals surface area contributed by atoms with Crippen LogP contribution in [0.3, 0.4) is 0 Å². The van der Waals surface area contributed by atoms with Crippen molar-refractivity contribution >= 4 is 33.2 Å². The lowest BCUT2D eigenvalue weighted by Gasteiger charge is -2.31.